The van der Waals surface area contributed by atoms with Crippen LogP contribution in [0, 0.1) is 5.92 Å². The molecule has 0 heterocycles. The number of hydrogen-bond donors (Lipinski definition) is 3. The molecule has 0 saturated heterocycles. The molecule has 0 fully saturated rings. The van der Waals surface area contributed by atoms with Crippen LogP contribution in [0.2, 0.25) is 0 Å². The smallest absolute Gasteiger partial charge is 0.317 e. The quantitative estimate of drug-likeness (QED) is 0.567. The minimum atomic E-state index is -0.853. The Balaban J connectivity index is 3.82. The molecule has 4 N–H and O–H groups in total. The monoisotopic (exact) mass is 245 g/mol. The lowest BCUT2D eigenvalue weighted by atomic mass is 10.1. The number of carbonyl (C=O) groups is 3. The number of hydrogen-bond acceptors (Lipinski definition) is 3. The van der Waals surface area contributed by atoms with Crippen LogP contribution < -0.4 is 11.1 Å². The van der Waals surface area contributed by atoms with Crippen LogP contribution in [0.3, 0.4) is 0 Å². The van der Waals surface area contributed by atoms with E-state index in [2.05, 4.69) is 5.32 Å². The maximum atomic E-state index is 11.4. The molecular formula is C10H19N3O4. The number of nitrogens with two attached hydrogens (primary N) is 1. The van der Waals surface area contributed by atoms with E-state index in [0.717, 1.165) is 0 Å². The zero-order chi connectivity index (χ0) is 13.4. The summed E-state index contributed by atoms with van der Waals surface area (Å²) in [7, 11) is 1.46. The fraction of sp³-hybridized carbons (Fsp3) is 0.700. The highest BCUT2D eigenvalue weighted by Gasteiger charge is 2.12. The first-order valence-electron chi connectivity index (χ1n) is 5.32. The first-order valence-corrected chi connectivity index (χ1v) is 5.32. The lowest BCUT2D eigenvalue weighted by Gasteiger charge is -2.18. The van der Waals surface area contributed by atoms with Crippen molar-refractivity contribution in [2.45, 2.75) is 19.8 Å². The van der Waals surface area contributed by atoms with Crippen LogP contribution in [0.5, 0.6) is 0 Å². The Morgan fingerprint density at radius 1 is 1.41 bits per heavy atom. The van der Waals surface area contributed by atoms with Gasteiger partial charge in [-0.05, 0) is 12.3 Å². The zero-order valence-electron chi connectivity index (χ0n) is 10.1. The lowest BCUT2D eigenvalue weighted by molar-refractivity contribution is -0.137. The number of primary amides is 1. The van der Waals surface area contributed by atoms with Crippen LogP contribution in [-0.2, 0) is 9.59 Å². The first kappa shape index (κ1) is 15.2. The second-order valence-electron chi connectivity index (χ2n) is 4.05. The third kappa shape index (κ3) is 8.06. The van der Waals surface area contributed by atoms with Crippen LogP contribution in [-0.4, -0.2) is 48.1 Å². The Bertz CT molecular complexity index is 293. The van der Waals surface area contributed by atoms with Crippen LogP contribution >= 0.6 is 0 Å². The van der Waals surface area contributed by atoms with Crippen LogP contribution in [0.15, 0.2) is 0 Å². The van der Waals surface area contributed by atoms with E-state index in [4.69, 9.17) is 10.8 Å². The van der Waals surface area contributed by atoms with Gasteiger partial charge in [-0.1, -0.05) is 6.92 Å². The molecule has 0 bridgehead atoms. The van der Waals surface area contributed by atoms with Crippen molar-refractivity contribution in [3.63, 3.8) is 0 Å². The predicted molar refractivity (Wildman–Crippen MR) is 61.3 cm³/mol. The van der Waals surface area contributed by atoms with Crippen LogP contribution in [0.4, 0.5) is 4.79 Å². The van der Waals surface area contributed by atoms with E-state index < -0.39 is 17.9 Å². The topological polar surface area (TPSA) is 113 Å². The van der Waals surface area contributed by atoms with E-state index in [1.54, 1.807) is 0 Å². The van der Waals surface area contributed by atoms with Gasteiger partial charge < -0.3 is 21.1 Å². The van der Waals surface area contributed by atoms with E-state index in [1.807, 2.05) is 6.92 Å². The van der Waals surface area contributed by atoms with Gasteiger partial charge in [0.05, 0.1) is 0 Å². The molecule has 0 aliphatic heterocycles. The van der Waals surface area contributed by atoms with Crippen molar-refractivity contribution >= 4 is 17.9 Å². The van der Waals surface area contributed by atoms with Crippen LogP contribution in [0.1, 0.15) is 19.8 Å². The minimum Gasteiger partial charge on any atom is -0.481 e. The van der Waals surface area contributed by atoms with E-state index in [1.165, 1.54) is 11.9 Å². The van der Waals surface area contributed by atoms with Gasteiger partial charge in [0.2, 0.25) is 5.91 Å². The summed E-state index contributed by atoms with van der Waals surface area (Å²) in [5.41, 5.74) is 4.94. The highest BCUT2D eigenvalue weighted by molar-refractivity contribution is 5.82. The van der Waals surface area contributed by atoms with Crippen molar-refractivity contribution in [1.82, 2.24) is 10.2 Å². The SMILES string of the molecule is CC(CCC(=O)O)CNC(=O)N(C)CC(N)=O. The molecule has 0 aromatic carbocycles. The summed E-state index contributed by atoms with van der Waals surface area (Å²) in [5.74, 6) is -1.37. The van der Waals surface area contributed by atoms with E-state index >= 15 is 0 Å². The second kappa shape index (κ2) is 7.48. The molecule has 0 saturated carbocycles. The number of amides is 3. The molecule has 7 heteroatoms. The van der Waals surface area contributed by atoms with Crippen molar-refractivity contribution in [3.05, 3.63) is 0 Å². The van der Waals surface area contributed by atoms with Gasteiger partial charge >= 0.3 is 12.0 Å². The molecule has 3 amide bonds. The fourth-order valence-corrected chi connectivity index (χ4v) is 1.17. The third-order valence-electron chi connectivity index (χ3n) is 2.19. The van der Waals surface area contributed by atoms with Crippen molar-refractivity contribution in [3.8, 4) is 0 Å². The summed E-state index contributed by atoms with van der Waals surface area (Å²) < 4.78 is 0. The second-order valence-corrected chi connectivity index (χ2v) is 4.05. The number of carboxylic acid groups (broad SMARTS) is 1. The van der Waals surface area contributed by atoms with Crippen molar-refractivity contribution < 1.29 is 19.5 Å². The molecule has 98 valence electrons. The summed E-state index contributed by atoms with van der Waals surface area (Å²) >= 11 is 0. The highest BCUT2D eigenvalue weighted by Crippen LogP contribution is 2.03. The van der Waals surface area contributed by atoms with Gasteiger partial charge in [-0.2, -0.15) is 0 Å². The molecule has 17 heavy (non-hydrogen) atoms. The van der Waals surface area contributed by atoms with Gasteiger partial charge in [0.25, 0.3) is 0 Å². The molecular weight excluding hydrogens is 226 g/mol. The lowest BCUT2D eigenvalue weighted by Crippen LogP contribution is -2.43. The van der Waals surface area contributed by atoms with E-state index in [9.17, 15) is 14.4 Å². The minimum absolute atomic E-state index is 0.0667. The molecule has 7 nitrogen and oxygen atoms in total. The van der Waals surface area contributed by atoms with Gasteiger partial charge in [-0.15, -0.1) is 0 Å². The maximum Gasteiger partial charge on any atom is 0.317 e. The Kier molecular flexibility index (Phi) is 6.69. The highest BCUT2D eigenvalue weighted by atomic mass is 16.4. The summed E-state index contributed by atoms with van der Waals surface area (Å²) in [6, 6.07) is -0.397. The maximum absolute atomic E-state index is 11.4. The zero-order valence-corrected chi connectivity index (χ0v) is 10.1. The number of rotatable bonds is 7. The standard InChI is InChI=1S/C10H19N3O4/c1-7(3-4-9(15)16)5-12-10(17)13(2)6-8(11)14/h7H,3-6H2,1-2H3,(H2,11,14)(H,12,17)(H,15,16). The molecule has 1 atom stereocenters. The fourth-order valence-electron chi connectivity index (χ4n) is 1.17. The van der Waals surface area contributed by atoms with Gasteiger partial charge in [0, 0.05) is 20.0 Å². The van der Waals surface area contributed by atoms with Gasteiger partial charge in [-0.3, -0.25) is 9.59 Å². The van der Waals surface area contributed by atoms with Crippen molar-refractivity contribution in [1.29, 1.82) is 0 Å². The molecule has 0 aromatic rings. The molecule has 0 aromatic heterocycles. The first-order chi connectivity index (χ1) is 7.82. The summed E-state index contributed by atoms with van der Waals surface area (Å²) in [6.07, 6.45) is 0.573. The number of likely N-dealkylation sites (N-methyl/N-ethyl adjacent to an activating group) is 1. The number of aliphatic carboxylic acids is 1. The normalized spacial score (nSPS) is 11.6. The number of nitrogens with one attached hydrogen (secondary N) is 1. The van der Waals surface area contributed by atoms with E-state index in [-0.39, 0.29) is 18.9 Å². The number of carbonyl (C=O) groups excluding carboxylic acids is 2. The summed E-state index contributed by atoms with van der Waals surface area (Å²) in [4.78, 5) is 33.5. The molecule has 1 unspecified atom stereocenters. The predicted octanol–water partition coefficient (Wildman–Crippen LogP) is -0.386. The summed E-state index contributed by atoms with van der Waals surface area (Å²) in [5, 5.41) is 11.1. The Morgan fingerprint density at radius 2 is 2.00 bits per heavy atom. The molecule has 0 aliphatic carbocycles. The van der Waals surface area contributed by atoms with Crippen LogP contribution in [0.25, 0.3) is 0 Å². The van der Waals surface area contributed by atoms with Gasteiger partial charge in [0.1, 0.15) is 6.54 Å². The molecule has 0 rings (SSSR count). The van der Waals surface area contributed by atoms with Crippen molar-refractivity contribution in [2.24, 2.45) is 11.7 Å². The third-order valence-corrected chi connectivity index (χ3v) is 2.19. The van der Waals surface area contributed by atoms with Gasteiger partial charge in [-0.25, -0.2) is 4.79 Å². The number of urea groups is 1. The average molecular weight is 245 g/mol. The molecule has 0 aliphatic rings. The van der Waals surface area contributed by atoms with Crippen molar-refractivity contribution in [2.75, 3.05) is 20.1 Å². The Morgan fingerprint density at radius 3 is 2.47 bits per heavy atom. The molecule has 0 spiro atoms. The Hall–Kier alpha value is -1.79. The number of nitrogens with zero attached hydrogens (tertiary/aromatic N) is 1. The molecule has 0 radical (unpaired) electrons. The Labute approximate surface area is 100.0 Å². The average Bonchev–Trinajstić information content (AvgIpc) is 2.21. The largest absolute Gasteiger partial charge is 0.481 e. The van der Waals surface area contributed by atoms with E-state index in [0.29, 0.717) is 13.0 Å². The van der Waals surface area contributed by atoms with Gasteiger partial charge in [0.15, 0.2) is 0 Å². The number of carboxylic acids is 1. The summed E-state index contributed by atoms with van der Waals surface area (Å²) in [6.45, 7) is 2.07.